The van der Waals surface area contributed by atoms with Crippen molar-refractivity contribution < 1.29 is 9.18 Å². The molecule has 0 saturated carbocycles. The maximum atomic E-state index is 12.4. The fourth-order valence-corrected chi connectivity index (χ4v) is 4.47. The number of anilines is 4. The molecule has 1 amide bonds. The van der Waals surface area contributed by atoms with Crippen LogP contribution in [0.1, 0.15) is 12.5 Å². The largest absolute Gasteiger partial charge is 0.365 e. The molecule has 1 aliphatic rings. The van der Waals surface area contributed by atoms with Crippen LogP contribution in [0.3, 0.4) is 0 Å². The van der Waals surface area contributed by atoms with E-state index in [1.807, 2.05) is 24.3 Å². The molecule has 0 bridgehead atoms. The number of aryl methyl sites for hydroxylation is 1. The number of carbonyl (C=O) groups excluding carboxylic acids is 1. The smallest absolute Gasteiger partial charge is 0.247 e. The van der Waals surface area contributed by atoms with Crippen molar-refractivity contribution in [3.8, 4) is 11.3 Å². The van der Waals surface area contributed by atoms with Crippen LogP contribution < -0.4 is 16.0 Å². The second-order valence-corrected chi connectivity index (χ2v) is 9.05. The number of hydrogen-bond acceptors (Lipinski definition) is 8. The molecular formula is C28H29FN8O. The Bertz CT molecular complexity index is 1450. The van der Waals surface area contributed by atoms with Crippen LogP contribution in [0.4, 0.5) is 27.5 Å². The van der Waals surface area contributed by atoms with Crippen LogP contribution in [0.5, 0.6) is 0 Å². The van der Waals surface area contributed by atoms with Gasteiger partial charge in [0.15, 0.2) is 0 Å². The van der Waals surface area contributed by atoms with Crippen LogP contribution in [-0.4, -0.2) is 63.1 Å². The van der Waals surface area contributed by atoms with Gasteiger partial charge in [-0.25, -0.2) is 19.3 Å². The van der Waals surface area contributed by atoms with E-state index in [1.165, 1.54) is 6.08 Å². The number of nitrogens with zero attached hydrogens (tertiary/aromatic N) is 5. The first-order valence-corrected chi connectivity index (χ1v) is 12.5. The van der Waals surface area contributed by atoms with E-state index in [4.69, 9.17) is 4.98 Å². The Labute approximate surface area is 220 Å². The maximum Gasteiger partial charge on any atom is 0.247 e. The van der Waals surface area contributed by atoms with Gasteiger partial charge in [-0.05, 0) is 42.3 Å². The summed E-state index contributed by atoms with van der Waals surface area (Å²) in [6.07, 6.45) is 7.18. The van der Waals surface area contributed by atoms with Crippen molar-refractivity contribution in [1.29, 1.82) is 0 Å². The van der Waals surface area contributed by atoms with Crippen LogP contribution in [0.15, 0.2) is 67.6 Å². The summed E-state index contributed by atoms with van der Waals surface area (Å²) in [5.41, 5.74) is 4.82. The third kappa shape index (κ3) is 5.60. The van der Waals surface area contributed by atoms with Gasteiger partial charge in [0.05, 0.1) is 29.1 Å². The Balaban J connectivity index is 1.38. The van der Waals surface area contributed by atoms with E-state index in [9.17, 15) is 9.18 Å². The highest BCUT2D eigenvalue weighted by atomic mass is 19.1. The van der Waals surface area contributed by atoms with Gasteiger partial charge in [0.1, 0.15) is 12.5 Å². The van der Waals surface area contributed by atoms with E-state index in [0.717, 1.165) is 53.0 Å². The van der Waals surface area contributed by atoms with Crippen LogP contribution >= 0.6 is 0 Å². The van der Waals surface area contributed by atoms with E-state index in [-0.39, 0.29) is 18.6 Å². The highest BCUT2D eigenvalue weighted by Crippen LogP contribution is 2.32. The highest BCUT2D eigenvalue weighted by molar-refractivity contribution is 6.00. The molecule has 3 aromatic heterocycles. The first kappa shape index (κ1) is 25.2. The zero-order chi connectivity index (χ0) is 26.5. The summed E-state index contributed by atoms with van der Waals surface area (Å²) >= 11 is 0. The van der Waals surface area contributed by atoms with Gasteiger partial charge < -0.3 is 16.0 Å². The number of alkyl halides is 1. The molecule has 1 saturated heterocycles. The Kier molecular flexibility index (Phi) is 7.50. The number of halogens is 1. The number of benzene rings is 1. The molecule has 38 heavy (non-hydrogen) atoms. The summed E-state index contributed by atoms with van der Waals surface area (Å²) in [7, 11) is 0. The minimum absolute atomic E-state index is 0.278. The van der Waals surface area contributed by atoms with Gasteiger partial charge in [-0.3, -0.25) is 14.7 Å². The zero-order valence-corrected chi connectivity index (χ0v) is 21.1. The molecule has 9 nitrogen and oxygen atoms in total. The first-order chi connectivity index (χ1) is 18.6. The standard InChI is InChI=1S/C28H29FN8O/c1-3-18-5-6-19-14-32-28(35-21-7-8-24(31-15-21)33-22-16-37(17-22)12-10-29)36-27(19)26(18)23-13-20(9-11-30-23)34-25(38)4-2/h4-9,11,13-15,22H,2-3,10,12,16-17H2,1H3,(H,31,33)(H,30,34,38)(H,32,35,36). The van der Waals surface area contributed by atoms with Crippen molar-refractivity contribution in [2.75, 3.05) is 42.3 Å². The Morgan fingerprint density at radius 2 is 2.00 bits per heavy atom. The number of aromatic nitrogens is 4. The average molecular weight is 513 g/mol. The molecule has 4 heterocycles. The fraction of sp³-hybridized carbons (Fsp3) is 0.250. The Morgan fingerprint density at radius 1 is 1.13 bits per heavy atom. The molecule has 3 N–H and O–H groups in total. The molecule has 0 unspecified atom stereocenters. The third-order valence-electron chi connectivity index (χ3n) is 6.42. The average Bonchev–Trinajstić information content (AvgIpc) is 2.92. The molecule has 5 rings (SSSR count). The number of amides is 1. The van der Waals surface area contributed by atoms with Crippen molar-refractivity contribution in [1.82, 2.24) is 24.8 Å². The zero-order valence-electron chi connectivity index (χ0n) is 21.1. The quantitative estimate of drug-likeness (QED) is 0.265. The van der Waals surface area contributed by atoms with Gasteiger partial charge in [0.2, 0.25) is 11.9 Å². The lowest BCUT2D eigenvalue weighted by atomic mass is 9.98. The number of pyridine rings is 2. The van der Waals surface area contributed by atoms with E-state index in [2.05, 4.69) is 55.4 Å². The number of nitrogens with one attached hydrogen (secondary N) is 3. The van der Waals surface area contributed by atoms with Gasteiger partial charge in [-0.1, -0.05) is 25.6 Å². The monoisotopic (exact) mass is 512 g/mol. The molecule has 1 aromatic carbocycles. The maximum absolute atomic E-state index is 12.4. The Morgan fingerprint density at radius 3 is 2.74 bits per heavy atom. The lowest BCUT2D eigenvalue weighted by molar-refractivity contribution is -0.111. The summed E-state index contributed by atoms with van der Waals surface area (Å²) in [6.45, 7) is 7.39. The lowest BCUT2D eigenvalue weighted by Gasteiger charge is -2.39. The van der Waals surface area contributed by atoms with Crippen molar-refractivity contribution in [3.05, 3.63) is 73.2 Å². The highest BCUT2D eigenvalue weighted by Gasteiger charge is 2.26. The van der Waals surface area contributed by atoms with Crippen LogP contribution in [0.2, 0.25) is 0 Å². The van der Waals surface area contributed by atoms with E-state index >= 15 is 0 Å². The van der Waals surface area contributed by atoms with Crippen LogP contribution in [0, 0.1) is 0 Å². The number of likely N-dealkylation sites (tertiary alicyclic amines) is 1. The topological polar surface area (TPSA) is 108 Å². The van der Waals surface area contributed by atoms with Crippen molar-refractivity contribution in [3.63, 3.8) is 0 Å². The number of hydrogen-bond donors (Lipinski definition) is 3. The van der Waals surface area contributed by atoms with Gasteiger partial charge in [-0.15, -0.1) is 0 Å². The minimum atomic E-state index is -0.319. The number of rotatable bonds is 10. The summed E-state index contributed by atoms with van der Waals surface area (Å²) in [5.74, 6) is 0.918. The normalized spacial score (nSPS) is 13.6. The predicted octanol–water partition coefficient (Wildman–Crippen LogP) is 4.58. The molecule has 0 atom stereocenters. The van der Waals surface area contributed by atoms with E-state index in [0.29, 0.717) is 23.9 Å². The van der Waals surface area contributed by atoms with Crippen molar-refractivity contribution in [2.24, 2.45) is 0 Å². The summed E-state index contributed by atoms with van der Waals surface area (Å²) < 4.78 is 12.4. The van der Waals surface area contributed by atoms with E-state index in [1.54, 1.807) is 24.7 Å². The molecule has 194 valence electrons. The number of carbonyl (C=O) groups is 1. The second kappa shape index (κ2) is 11.3. The molecule has 10 heteroatoms. The first-order valence-electron chi connectivity index (χ1n) is 12.5. The van der Waals surface area contributed by atoms with Gasteiger partial charge in [0.25, 0.3) is 0 Å². The lowest BCUT2D eigenvalue weighted by Crippen LogP contribution is -2.55. The second-order valence-electron chi connectivity index (χ2n) is 9.05. The molecular weight excluding hydrogens is 483 g/mol. The molecule has 0 radical (unpaired) electrons. The SMILES string of the molecule is C=CC(=O)Nc1ccnc(-c2c(CC)ccc3cnc(Nc4ccc(NC5CN(CCF)C5)nc4)nc23)c1. The van der Waals surface area contributed by atoms with Gasteiger partial charge in [-0.2, -0.15) is 0 Å². The van der Waals surface area contributed by atoms with Crippen molar-refractivity contribution >= 4 is 40.0 Å². The molecule has 4 aromatic rings. The summed E-state index contributed by atoms with van der Waals surface area (Å²) in [4.78, 5) is 32.3. The van der Waals surface area contributed by atoms with Gasteiger partial charge in [0, 0.05) is 48.7 Å². The molecule has 1 aliphatic heterocycles. The van der Waals surface area contributed by atoms with Crippen molar-refractivity contribution in [2.45, 2.75) is 19.4 Å². The fourth-order valence-electron chi connectivity index (χ4n) is 4.47. The molecule has 0 aliphatic carbocycles. The number of fused-ring (bicyclic) bond motifs is 1. The Hall–Kier alpha value is -4.44. The van der Waals surface area contributed by atoms with Gasteiger partial charge >= 0.3 is 0 Å². The van der Waals surface area contributed by atoms with Crippen LogP contribution in [0.25, 0.3) is 22.2 Å². The van der Waals surface area contributed by atoms with Crippen LogP contribution in [-0.2, 0) is 11.2 Å². The molecule has 0 spiro atoms. The molecule has 1 fully saturated rings. The summed E-state index contributed by atoms with van der Waals surface area (Å²) in [5, 5.41) is 10.3. The summed E-state index contributed by atoms with van der Waals surface area (Å²) in [6, 6.07) is 11.7. The minimum Gasteiger partial charge on any atom is -0.365 e. The third-order valence-corrected chi connectivity index (χ3v) is 6.42. The van der Waals surface area contributed by atoms with E-state index < -0.39 is 0 Å². The predicted molar refractivity (Wildman–Crippen MR) is 148 cm³/mol.